The molecule has 0 fully saturated rings. The van der Waals surface area contributed by atoms with Gasteiger partial charge in [-0.15, -0.1) is 0 Å². The van der Waals surface area contributed by atoms with Crippen molar-refractivity contribution in [2.24, 2.45) is 5.73 Å². The topological polar surface area (TPSA) is 72.5 Å². The number of carboxylic acids is 1. The van der Waals surface area contributed by atoms with Crippen molar-refractivity contribution in [3.05, 3.63) is 27.7 Å². The molecule has 4 nitrogen and oxygen atoms in total. The van der Waals surface area contributed by atoms with Crippen LogP contribution in [0, 0.1) is 6.92 Å². The molecular formula is C11H14BrNO3. The molecule has 0 heterocycles. The molecule has 88 valence electrons. The third-order valence-electron chi connectivity index (χ3n) is 2.45. The maximum absolute atomic E-state index is 11.1. The van der Waals surface area contributed by atoms with E-state index in [0.29, 0.717) is 11.3 Å². The summed E-state index contributed by atoms with van der Waals surface area (Å²) in [5.74, 6) is -1.15. The number of hydrogen-bond donors (Lipinski definition) is 2. The summed E-state index contributed by atoms with van der Waals surface area (Å²) in [6.45, 7) is 1.89. The second-order valence-corrected chi connectivity index (χ2v) is 4.29. The molecular weight excluding hydrogens is 274 g/mol. The van der Waals surface area contributed by atoms with Crippen molar-refractivity contribution in [2.75, 3.05) is 13.7 Å². The van der Waals surface area contributed by atoms with Gasteiger partial charge in [-0.1, -0.05) is 6.07 Å². The summed E-state index contributed by atoms with van der Waals surface area (Å²) in [5.41, 5.74) is 6.99. The Morgan fingerprint density at radius 3 is 2.69 bits per heavy atom. The highest BCUT2D eigenvalue weighted by Crippen LogP contribution is 2.36. The Hall–Kier alpha value is -1.07. The number of benzene rings is 1. The van der Waals surface area contributed by atoms with E-state index in [2.05, 4.69) is 15.9 Å². The van der Waals surface area contributed by atoms with Crippen molar-refractivity contribution < 1.29 is 14.6 Å². The van der Waals surface area contributed by atoms with Gasteiger partial charge in [0.1, 0.15) is 5.75 Å². The van der Waals surface area contributed by atoms with E-state index in [-0.39, 0.29) is 6.54 Å². The minimum atomic E-state index is -0.943. The number of aryl methyl sites for hydroxylation is 1. The first-order chi connectivity index (χ1) is 7.52. The molecule has 1 unspecified atom stereocenters. The largest absolute Gasteiger partial charge is 0.495 e. The van der Waals surface area contributed by atoms with Gasteiger partial charge in [-0.25, -0.2) is 0 Å². The van der Waals surface area contributed by atoms with Crippen molar-refractivity contribution >= 4 is 21.9 Å². The van der Waals surface area contributed by atoms with E-state index in [0.717, 1.165) is 10.0 Å². The lowest BCUT2D eigenvalue weighted by Crippen LogP contribution is -2.22. The molecule has 0 aromatic heterocycles. The van der Waals surface area contributed by atoms with E-state index < -0.39 is 11.9 Å². The van der Waals surface area contributed by atoms with E-state index in [1.165, 1.54) is 7.11 Å². The first-order valence-corrected chi connectivity index (χ1v) is 5.58. The third-order valence-corrected chi connectivity index (χ3v) is 3.08. The first kappa shape index (κ1) is 13.0. The van der Waals surface area contributed by atoms with Crippen LogP contribution in [0.2, 0.25) is 0 Å². The van der Waals surface area contributed by atoms with Crippen molar-refractivity contribution in [2.45, 2.75) is 12.8 Å². The SMILES string of the molecule is COc1c(Br)ccc(C)c1C(CN)C(=O)O. The molecule has 16 heavy (non-hydrogen) atoms. The molecule has 5 heteroatoms. The molecule has 1 aromatic rings. The van der Waals surface area contributed by atoms with Crippen molar-refractivity contribution in [1.29, 1.82) is 0 Å². The summed E-state index contributed by atoms with van der Waals surface area (Å²) >= 11 is 3.33. The van der Waals surface area contributed by atoms with Gasteiger partial charge in [0.15, 0.2) is 0 Å². The van der Waals surface area contributed by atoms with Gasteiger partial charge >= 0.3 is 5.97 Å². The molecule has 0 saturated heterocycles. The van der Waals surface area contributed by atoms with Crippen LogP contribution in [-0.4, -0.2) is 24.7 Å². The number of methoxy groups -OCH3 is 1. The maximum atomic E-state index is 11.1. The minimum Gasteiger partial charge on any atom is -0.495 e. The number of ether oxygens (including phenoxy) is 1. The second-order valence-electron chi connectivity index (χ2n) is 3.44. The van der Waals surface area contributed by atoms with E-state index in [1.807, 2.05) is 19.1 Å². The van der Waals surface area contributed by atoms with Gasteiger partial charge in [-0.2, -0.15) is 0 Å². The highest BCUT2D eigenvalue weighted by molar-refractivity contribution is 9.10. The Bertz CT molecular complexity index is 406. The normalized spacial score (nSPS) is 12.2. The zero-order valence-corrected chi connectivity index (χ0v) is 10.7. The fourth-order valence-electron chi connectivity index (χ4n) is 1.65. The molecule has 1 rings (SSSR count). The van der Waals surface area contributed by atoms with Gasteiger partial charge in [-0.3, -0.25) is 4.79 Å². The molecule has 0 spiro atoms. The average Bonchev–Trinajstić information content (AvgIpc) is 2.24. The second kappa shape index (κ2) is 5.32. The van der Waals surface area contributed by atoms with Crippen LogP contribution in [0.25, 0.3) is 0 Å². The Balaban J connectivity index is 3.39. The van der Waals surface area contributed by atoms with Crippen LogP contribution in [0.1, 0.15) is 17.0 Å². The van der Waals surface area contributed by atoms with Gasteiger partial charge in [0.25, 0.3) is 0 Å². The molecule has 0 aliphatic rings. The van der Waals surface area contributed by atoms with E-state index >= 15 is 0 Å². The number of rotatable bonds is 4. The number of nitrogens with two attached hydrogens (primary N) is 1. The lowest BCUT2D eigenvalue weighted by Gasteiger charge is -2.18. The first-order valence-electron chi connectivity index (χ1n) is 4.78. The number of aliphatic carboxylic acids is 1. The fourth-order valence-corrected chi connectivity index (χ4v) is 2.16. The van der Waals surface area contributed by atoms with E-state index in [9.17, 15) is 4.79 Å². The molecule has 3 N–H and O–H groups in total. The lowest BCUT2D eigenvalue weighted by atomic mass is 9.94. The van der Waals surface area contributed by atoms with Crippen molar-refractivity contribution in [1.82, 2.24) is 0 Å². The summed E-state index contributed by atoms with van der Waals surface area (Å²) in [4.78, 5) is 11.1. The number of carbonyl (C=O) groups is 1. The Morgan fingerprint density at radius 1 is 1.62 bits per heavy atom. The van der Waals surface area contributed by atoms with Gasteiger partial charge in [0.05, 0.1) is 17.5 Å². The van der Waals surface area contributed by atoms with Crippen LogP contribution < -0.4 is 10.5 Å². The summed E-state index contributed by atoms with van der Waals surface area (Å²) in [6.07, 6.45) is 0. The summed E-state index contributed by atoms with van der Waals surface area (Å²) in [6, 6.07) is 3.67. The monoisotopic (exact) mass is 287 g/mol. The van der Waals surface area contributed by atoms with Crippen molar-refractivity contribution in [3.63, 3.8) is 0 Å². The summed E-state index contributed by atoms with van der Waals surface area (Å²) in [7, 11) is 1.51. The fraction of sp³-hybridized carbons (Fsp3) is 0.364. The summed E-state index contributed by atoms with van der Waals surface area (Å²) < 4.78 is 5.96. The maximum Gasteiger partial charge on any atom is 0.312 e. The van der Waals surface area contributed by atoms with Crippen molar-refractivity contribution in [3.8, 4) is 5.75 Å². The van der Waals surface area contributed by atoms with Crippen LogP contribution in [0.15, 0.2) is 16.6 Å². The molecule has 1 atom stereocenters. The van der Waals surface area contributed by atoms with Crippen LogP contribution in [-0.2, 0) is 4.79 Å². The van der Waals surface area contributed by atoms with Gasteiger partial charge < -0.3 is 15.6 Å². The molecule has 0 radical (unpaired) electrons. The van der Waals surface area contributed by atoms with E-state index in [4.69, 9.17) is 15.6 Å². The van der Waals surface area contributed by atoms with E-state index in [1.54, 1.807) is 0 Å². The van der Waals surface area contributed by atoms with Crippen LogP contribution >= 0.6 is 15.9 Å². The molecule has 0 amide bonds. The third kappa shape index (κ3) is 2.36. The number of hydrogen-bond acceptors (Lipinski definition) is 3. The van der Waals surface area contributed by atoms with Gasteiger partial charge in [0.2, 0.25) is 0 Å². The predicted molar refractivity (Wildman–Crippen MR) is 64.9 cm³/mol. The Morgan fingerprint density at radius 2 is 2.25 bits per heavy atom. The standard InChI is InChI=1S/C11H14BrNO3/c1-6-3-4-8(12)10(16-2)9(6)7(5-13)11(14)15/h3-4,7H,5,13H2,1-2H3,(H,14,15). The molecule has 1 aromatic carbocycles. The average molecular weight is 288 g/mol. The smallest absolute Gasteiger partial charge is 0.312 e. The number of carboxylic acid groups (broad SMARTS) is 1. The molecule has 0 aliphatic carbocycles. The van der Waals surface area contributed by atoms with Gasteiger partial charge in [0, 0.05) is 12.1 Å². The molecule has 0 saturated carbocycles. The lowest BCUT2D eigenvalue weighted by molar-refractivity contribution is -0.138. The molecule has 0 bridgehead atoms. The highest BCUT2D eigenvalue weighted by atomic mass is 79.9. The Kier molecular flexibility index (Phi) is 4.32. The zero-order valence-electron chi connectivity index (χ0n) is 9.16. The highest BCUT2D eigenvalue weighted by Gasteiger charge is 2.25. The molecule has 0 aliphatic heterocycles. The minimum absolute atomic E-state index is 0.0446. The zero-order chi connectivity index (χ0) is 12.3. The summed E-state index contributed by atoms with van der Waals surface area (Å²) in [5, 5.41) is 9.11. The predicted octanol–water partition coefficient (Wildman–Crippen LogP) is 1.89. The van der Waals surface area contributed by atoms with Gasteiger partial charge in [-0.05, 0) is 34.5 Å². The van der Waals surface area contributed by atoms with Crippen LogP contribution in [0.5, 0.6) is 5.75 Å². The number of halogens is 1. The Labute approximate surface area is 103 Å². The van der Waals surface area contributed by atoms with Crippen LogP contribution in [0.4, 0.5) is 0 Å². The quantitative estimate of drug-likeness (QED) is 0.887. The van der Waals surface area contributed by atoms with Crippen LogP contribution in [0.3, 0.4) is 0 Å².